The van der Waals surface area contributed by atoms with Crippen LogP contribution in [0.25, 0.3) is 6.08 Å². The first-order valence-corrected chi connectivity index (χ1v) is 9.68. The molecule has 0 atom stereocenters. The van der Waals surface area contributed by atoms with Gasteiger partial charge in [0, 0.05) is 23.5 Å². The predicted octanol–water partition coefficient (Wildman–Crippen LogP) is 3.98. The van der Waals surface area contributed by atoms with Crippen molar-refractivity contribution < 1.29 is 14.1 Å². The molecular formula is C17H14BrN3O3S2. The van der Waals surface area contributed by atoms with E-state index in [0.29, 0.717) is 20.8 Å². The first-order valence-electron chi connectivity index (χ1n) is 7.66. The second kappa shape index (κ2) is 8.15. The number of rotatable bonds is 5. The summed E-state index contributed by atoms with van der Waals surface area (Å²) in [6, 6.07) is 9.26. The van der Waals surface area contributed by atoms with Crippen molar-refractivity contribution in [3.63, 3.8) is 0 Å². The molecule has 1 fully saturated rings. The van der Waals surface area contributed by atoms with Gasteiger partial charge in [-0.25, -0.2) is 0 Å². The molecule has 0 radical (unpaired) electrons. The van der Waals surface area contributed by atoms with Crippen molar-refractivity contribution in [2.24, 2.45) is 0 Å². The summed E-state index contributed by atoms with van der Waals surface area (Å²) < 4.78 is 6.27. The molecule has 2 heterocycles. The molecule has 1 aliphatic rings. The van der Waals surface area contributed by atoms with E-state index >= 15 is 0 Å². The second-order valence-electron chi connectivity index (χ2n) is 5.51. The number of hydrogen-bond acceptors (Lipinski definition) is 6. The van der Waals surface area contributed by atoms with Crippen molar-refractivity contribution in [3.8, 4) is 0 Å². The van der Waals surface area contributed by atoms with Crippen LogP contribution in [0.5, 0.6) is 0 Å². The average molecular weight is 452 g/mol. The van der Waals surface area contributed by atoms with Crippen LogP contribution in [0.2, 0.25) is 0 Å². The Kier molecular flexibility index (Phi) is 5.90. The van der Waals surface area contributed by atoms with Crippen LogP contribution >= 0.6 is 39.9 Å². The highest BCUT2D eigenvalue weighted by molar-refractivity contribution is 9.10. The third-order valence-corrected chi connectivity index (χ3v) is 5.35. The van der Waals surface area contributed by atoms with Crippen LogP contribution in [0, 0.1) is 6.92 Å². The van der Waals surface area contributed by atoms with E-state index in [1.165, 1.54) is 16.7 Å². The van der Waals surface area contributed by atoms with Crippen LogP contribution in [0.15, 0.2) is 44.2 Å². The summed E-state index contributed by atoms with van der Waals surface area (Å²) in [5, 5.41) is 6.32. The zero-order chi connectivity index (χ0) is 18.7. The summed E-state index contributed by atoms with van der Waals surface area (Å²) in [5.41, 5.74) is 0.902. The molecule has 2 aromatic rings. The van der Waals surface area contributed by atoms with Crippen molar-refractivity contribution in [1.82, 2.24) is 10.1 Å². The van der Waals surface area contributed by atoms with Crippen molar-refractivity contribution >= 4 is 67.9 Å². The maximum atomic E-state index is 12.6. The largest absolute Gasteiger partial charge is 0.360 e. The first-order chi connectivity index (χ1) is 12.4. The Hall–Kier alpha value is -1.97. The Bertz CT molecular complexity index is 910. The number of aryl methyl sites for hydroxylation is 1. The van der Waals surface area contributed by atoms with Gasteiger partial charge in [-0.1, -0.05) is 57.2 Å². The van der Waals surface area contributed by atoms with Crippen LogP contribution in [-0.4, -0.2) is 32.7 Å². The minimum atomic E-state index is -0.261. The van der Waals surface area contributed by atoms with Crippen LogP contribution in [0.3, 0.4) is 0 Å². The van der Waals surface area contributed by atoms with Crippen LogP contribution < -0.4 is 5.32 Å². The molecule has 134 valence electrons. The summed E-state index contributed by atoms with van der Waals surface area (Å²) in [5.74, 6) is 0.510. The van der Waals surface area contributed by atoms with Gasteiger partial charge in [0.05, 0.1) is 4.91 Å². The molecule has 3 rings (SSSR count). The lowest BCUT2D eigenvalue weighted by Crippen LogP contribution is -2.31. The monoisotopic (exact) mass is 451 g/mol. The summed E-state index contributed by atoms with van der Waals surface area (Å²) >= 11 is 9.92. The highest BCUT2D eigenvalue weighted by Gasteiger charge is 2.32. The van der Waals surface area contributed by atoms with Gasteiger partial charge in [0.1, 0.15) is 10.1 Å². The molecular weight excluding hydrogens is 438 g/mol. The number of carbonyl (C=O) groups is 2. The molecule has 0 spiro atoms. The van der Waals surface area contributed by atoms with Crippen molar-refractivity contribution in [1.29, 1.82) is 0 Å². The maximum Gasteiger partial charge on any atom is 0.266 e. The number of thioether (sulfide) groups is 1. The number of anilines is 1. The Morgan fingerprint density at radius 2 is 2.27 bits per heavy atom. The highest BCUT2D eigenvalue weighted by atomic mass is 79.9. The number of nitrogens with one attached hydrogen (secondary N) is 1. The highest BCUT2D eigenvalue weighted by Crippen LogP contribution is 2.32. The zero-order valence-electron chi connectivity index (χ0n) is 13.7. The number of hydrogen-bond donors (Lipinski definition) is 1. The van der Waals surface area contributed by atoms with Crippen molar-refractivity contribution in [3.05, 3.63) is 51.0 Å². The third kappa shape index (κ3) is 4.60. The van der Waals surface area contributed by atoms with Crippen LogP contribution in [0.1, 0.15) is 17.7 Å². The van der Waals surface area contributed by atoms with Gasteiger partial charge in [-0.3, -0.25) is 14.5 Å². The fourth-order valence-corrected chi connectivity index (χ4v) is 4.01. The second-order valence-corrected chi connectivity index (χ2v) is 8.10. The van der Waals surface area contributed by atoms with E-state index in [-0.39, 0.29) is 24.8 Å². The number of aromatic nitrogens is 1. The number of halogens is 1. The van der Waals surface area contributed by atoms with Gasteiger partial charge in [-0.05, 0) is 30.7 Å². The Morgan fingerprint density at radius 3 is 2.96 bits per heavy atom. The van der Waals surface area contributed by atoms with E-state index in [2.05, 4.69) is 26.4 Å². The molecule has 1 saturated heterocycles. The standard InChI is InChI=1S/C17H14BrN3O3S2/c1-10-7-14(20-24-10)19-15(22)5-6-21-16(23)13(26-17(21)25)9-11-3-2-4-12(18)8-11/h2-4,7-9H,5-6H2,1H3,(H,19,20,22)/b13-9-. The number of benzene rings is 1. The summed E-state index contributed by atoms with van der Waals surface area (Å²) in [7, 11) is 0. The van der Waals surface area contributed by atoms with E-state index in [0.717, 1.165) is 10.0 Å². The quantitative estimate of drug-likeness (QED) is 0.547. The molecule has 1 N–H and O–H groups in total. The third-order valence-electron chi connectivity index (χ3n) is 3.48. The van der Waals surface area contributed by atoms with E-state index < -0.39 is 0 Å². The van der Waals surface area contributed by atoms with Crippen molar-refractivity contribution in [2.45, 2.75) is 13.3 Å². The van der Waals surface area contributed by atoms with E-state index in [4.69, 9.17) is 16.7 Å². The zero-order valence-corrected chi connectivity index (χ0v) is 16.9. The lowest BCUT2D eigenvalue weighted by atomic mass is 10.2. The van der Waals surface area contributed by atoms with Gasteiger partial charge in [-0.15, -0.1) is 0 Å². The Labute approximate surface area is 168 Å². The van der Waals surface area contributed by atoms with E-state index in [1.807, 2.05) is 24.3 Å². The van der Waals surface area contributed by atoms with Gasteiger partial charge >= 0.3 is 0 Å². The molecule has 1 aliphatic heterocycles. The van der Waals surface area contributed by atoms with Crippen LogP contribution in [-0.2, 0) is 9.59 Å². The van der Waals surface area contributed by atoms with Gasteiger partial charge in [-0.2, -0.15) is 0 Å². The molecule has 1 aromatic heterocycles. The topological polar surface area (TPSA) is 75.4 Å². The van der Waals surface area contributed by atoms with Gasteiger partial charge in [0.2, 0.25) is 5.91 Å². The molecule has 26 heavy (non-hydrogen) atoms. The van der Waals surface area contributed by atoms with Gasteiger partial charge < -0.3 is 9.84 Å². The van der Waals surface area contributed by atoms with Gasteiger partial charge in [0.15, 0.2) is 5.82 Å². The van der Waals surface area contributed by atoms with Crippen LogP contribution in [0.4, 0.5) is 5.82 Å². The number of amides is 2. The Balaban J connectivity index is 1.61. The predicted molar refractivity (Wildman–Crippen MR) is 109 cm³/mol. The smallest absolute Gasteiger partial charge is 0.266 e. The molecule has 0 unspecified atom stereocenters. The van der Waals surface area contributed by atoms with Crippen molar-refractivity contribution in [2.75, 3.05) is 11.9 Å². The Morgan fingerprint density at radius 1 is 1.46 bits per heavy atom. The SMILES string of the molecule is Cc1cc(NC(=O)CCN2C(=O)/C(=C/c3cccc(Br)c3)SC2=S)no1. The lowest BCUT2D eigenvalue weighted by Gasteiger charge is -2.13. The number of carbonyl (C=O) groups excluding carboxylic acids is 2. The minimum Gasteiger partial charge on any atom is -0.360 e. The summed E-state index contributed by atoms with van der Waals surface area (Å²) in [6.07, 6.45) is 1.91. The fourth-order valence-electron chi connectivity index (χ4n) is 2.28. The summed E-state index contributed by atoms with van der Waals surface area (Å²) in [4.78, 5) is 26.5. The molecule has 1 aromatic carbocycles. The molecule has 0 aliphatic carbocycles. The normalized spacial score (nSPS) is 15.8. The summed E-state index contributed by atoms with van der Waals surface area (Å²) in [6.45, 7) is 1.95. The molecule has 9 heteroatoms. The minimum absolute atomic E-state index is 0.114. The van der Waals surface area contributed by atoms with Gasteiger partial charge in [0.25, 0.3) is 5.91 Å². The molecule has 6 nitrogen and oxygen atoms in total. The molecule has 0 saturated carbocycles. The number of nitrogens with zero attached hydrogens (tertiary/aromatic N) is 2. The average Bonchev–Trinajstić information content (AvgIpc) is 3.09. The lowest BCUT2D eigenvalue weighted by molar-refractivity contribution is -0.122. The number of thiocarbonyl (C=S) groups is 1. The maximum absolute atomic E-state index is 12.6. The van der Waals surface area contributed by atoms with E-state index in [1.54, 1.807) is 19.1 Å². The first kappa shape index (κ1) is 18.8. The van der Waals surface area contributed by atoms with E-state index in [9.17, 15) is 9.59 Å². The fraction of sp³-hybridized carbons (Fsp3) is 0.176. The molecule has 0 bridgehead atoms. The molecule has 2 amide bonds.